The molecule has 0 saturated heterocycles. The van der Waals surface area contributed by atoms with Gasteiger partial charge in [0.2, 0.25) is 0 Å². The lowest BCUT2D eigenvalue weighted by molar-refractivity contribution is 0.587. The number of oxazole rings is 1. The lowest BCUT2D eigenvalue weighted by Crippen LogP contribution is -2.14. The fourth-order valence-corrected chi connectivity index (χ4v) is 3.98. The van der Waals surface area contributed by atoms with Crippen molar-refractivity contribution in [2.75, 3.05) is 5.73 Å². The van der Waals surface area contributed by atoms with Crippen LogP contribution in [0.25, 0.3) is 33.1 Å². The van der Waals surface area contributed by atoms with Crippen LogP contribution in [0.3, 0.4) is 0 Å². The predicted molar refractivity (Wildman–Crippen MR) is 101 cm³/mol. The number of anilines is 1. The minimum atomic E-state index is -3.39. The van der Waals surface area contributed by atoms with E-state index in [9.17, 15) is 8.42 Å². The molecule has 7 heteroatoms. The molecule has 132 valence electrons. The second-order valence-corrected chi connectivity index (χ2v) is 8.90. The summed E-state index contributed by atoms with van der Waals surface area (Å²) >= 11 is 0. The minimum absolute atomic E-state index is 0.248. The highest BCUT2D eigenvalue weighted by atomic mass is 32.2. The first-order valence-corrected chi connectivity index (χ1v) is 9.68. The van der Waals surface area contributed by atoms with Gasteiger partial charge in [-0.15, -0.1) is 0 Å². The number of sulfone groups is 1. The highest BCUT2D eigenvalue weighted by Crippen LogP contribution is 2.34. The molecule has 26 heavy (non-hydrogen) atoms. The number of aromatic nitrogens is 2. The van der Waals surface area contributed by atoms with E-state index in [0.717, 1.165) is 16.6 Å². The number of hydrogen-bond donors (Lipinski definition) is 1. The largest absolute Gasteiger partial charge is 0.443 e. The Hall–Kier alpha value is -2.93. The summed E-state index contributed by atoms with van der Waals surface area (Å²) in [6, 6.07) is 10.4. The van der Waals surface area contributed by atoms with Crippen molar-refractivity contribution in [3.8, 4) is 11.1 Å². The summed E-state index contributed by atoms with van der Waals surface area (Å²) in [6.07, 6.45) is 3.08. The molecule has 0 saturated carbocycles. The molecule has 4 rings (SSSR count). The van der Waals surface area contributed by atoms with Gasteiger partial charge < -0.3 is 10.2 Å². The van der Waals surface area contributed by atoms with Gasteiger partial charge in [0.1, 0.15) is 5.52 Å². The van der Waals surface area contributed by atoms with Gasteiger partial charge in [0.15, 0.2) is 21.8 Å². The normalized spacial score (nSPS) is 12.3. The molecule has 2 N–H and O–H groups in total. The molecule has 2 aromatic heterocycles. The molecule has 0 atom stereocenters. The van der Waals surface area contributed by atoms with Crippen molar-refractivity contribution >= 4 is 37.5 Å². The van der Waals surface area contributed by atoms with Crippen molar-refractivity contribution in [3.63, 3.8) is 0 Å². The van der Waals surface area contributed by atoms with E-state index in [-0.39, 0.29) is 4.90 Å². The third kappa shape index (κ3) is 2.52. The van der Waals surface area contributed by atoms with Crippen LogP contribution < -0.4 is 5.73 Å². The predicted octanol–water partition coefficient (Wildman–Crippen LogP) is 3.81. The van der Waals surface area contributed by atoms with Crippen LogP contribution in [0, 0.1) is 0 Å². The average Bonchev–Trinajstić information content (AvgIpc) is 3.09. The van der Waals surface area contributed by atoms with E-state index < -0.39 is 15.1 Å². The molecule has 0 aliphatic carbocycles. The smallest absolute Gasteiger partial charge is 0.181 e. The molecule has 0 aliphatic heterocycles. The Bertz CT molecular complexity index is 1240. The van der Waals surface area contributed by atoms with Gasteiger partial charge in [-0.3, -0.25) is 4.98 Å². The van der Waals surface area contributed by atoms with Gasteiger partial charge in [-0.2, -0.15) is 0 Å². The van der Waals surface area contributed by atoms with Crippen LogP contribution in [0.1, 0.15) is 13.8 Å². The monoisotopic (exact) mass is 367 g/mol. The van der Waals surface area contributed by atoms with E-state index in [1.165, 1.54) is 6.39 Å². The lowest BCUT2D eigenvalue weighted by Gasteiger charge is -2.12. The number of benzene rings is 2. The third-order valence-corrected chi connectivity index (χ3v) is 6.62. The number of rotatable bonds is 3. The molecule has 2 aromatic carbocycles. The first-order valence-electron chi connectivity index (χ1n) is 8.13. The number of fused-ring (bicyclic) bond motifs is 2. The van der Waals surface area contributed by atoms with Gasteiger partial charge in [0.05, 0.1) is 21.3 Å². The molecule has 0 fully saturated rings. The Balaban J connectivity index is 1.93. The van der Waals surface area contributed by atoms with E-state index in [1.807, 2.05) is 18.2 Å². The van der Waals surface area contributed by atoms with Gasteiger partial charge in [-0.1, -0.05) is 6.07 Å². The van der Waals surface area contributed by atoms with Gasteiger partial charge in [0.25, 0.3) is 0 Å². The van der Waals surface area contributed by atoms with Crippen molar-refractivity contribution < 1.29 is 12.8 Å². The fourth-order valence-electron chi connectivity index (χ4n) is 2.90. The number of nitrogens with two attached hydrogens (primary N) is 1. The van der Waals surface area contributed by atoms with Crippen LogP contribution >= 0.6 is 0 Å². The Morgan fingerprint density at radius 2 is 1.85 bits per heavy atom. The molecule has 0 amide bonds. The van der Waals surface area contributed by atoms with Gasteiger partial charge in [-0.05, 0) is 49.7 Å². The first-order chi connectivity index (χ1) is 12.4. The number of nitrogen functional groups attached to an aromatic ring is 1. The molecule has 0 bridgehead atoms. The van der Waals surface area contributed by atoms with Crippen molar-refractivity contribution in [2.45, 2.75) is 24.0 Å². The van der Waals surface area contributed by atoms with Crippen molar-refractivity contribution in [3.05, 3.63) is 49.0 Å². The zero-order chi connectivity index (χ0) is 18.5. The second-order valence-electron chi connectivity index (χ2n) is 6.39. The molecule has 2 heterocycles. The van der Waals surface area contributed by atoms with E-state index >= 15 is 0 Å². The molecular weight excluding hydrogens is 350 g/mol. The van der Waals surface area contributed by atoms with Gasteiger partial charge >= 0.3 is 0 Å². The second kappa shape index (κ2) is 5.81. The summed E-state index contributed by atoms with van der Waals surface area (Å²) < 4.78 is 30.2. The lowest BCUT2D eigenvalue weighted by atomic mass is 10.0. The molecule has 0 spiro atoms. The Labute approximate surface area is 150 Å². The van der Waals surface area contributed by atoms with Crippen LogP contribution in [0.5, 0.6) is 0 Å². The SMILES string of the molecule is CC(C)S(=O)(=O)c1ccc2ncc(-c3ccc4ocnc4c3)c(N)c2c1. The topological polar surface area (TPSA) is 99.1 Å². The average molecular weight is 367 g/mol. The molecule has 6 nitrogen and oxygen atoms in total. The quantitative estimate of drug-likeness (QED) is 0.591. The molecule has 4 aromatic rings. The van der Waals surface area contributed by atoms with E-state index in [1.54, 1.807) is 38.2 Å². The van der Waals surface area contributed by atoms with Crippen LogP contribution in [0.2, 0.25) is 0 Å². The summed E-state index contributed by atoms with van der Waals surface area (Å²) in [4.78, 5) is 8.84. The Morgan fingerprint density at radius 3 is 2.62 bits per heavy atom. The van der Waals surface area contributed by atoms with Crippen LogP contribution in [-0.2, 0) is 9.84 Å². The number of hydrogen-bond acceptors (Lipinski definition) is 6. The van der Waals surface area contributed by atoms with Crippen molar-refractivity contribution in [1.82, 2.24) is 9.97 Å². The fraction of sp³-hybridized carbons (Fsp3) is 0.158. The van der Waals surface area contributed by atoms with E-state index in [2.05, 4.69) is 9.97 Å². The molecule has 0 aliphatic rings. The highest BCUT2D eigenvalue weighted by Gasteiger charge is 2.20. The Morgan fingerprint density at radius 1 is 1.04 bits per heavy atom. The molecule has 0 radical (unpaired) electrons. The number of pyridine rings is 1. The minimum Gasteiger partial charge on any atom is -0.443 e. The third-order valence-electron chi connectivity index (χ3n) is 4.47. The van der Waals surface area contributed by atoms with Crippen LogP contribution in [0.15, 0.2) is 58.3 Å². The first kappa shape index (κ1) is 16.5. The summed E-state index contributed by atoms with van der Waals surface area (Å²) in [5, 5.41) is 0.108. The van der Waals surface area contributed by atoms with Crippen molar-refractivity contribution in [1.29, 1.82) is 0 Å². The molecule has 0 unspecified atom stereocenters. The van der Waals surface area contributed by atoms with Crippen LogP contribution in [-0.4, -0.2) is 23.6 Å². The summed E-state index contributed by atoms with van der Waals surface area (Å²) in [7, 11) is -3.39. The number of nitrogens with zero attached hydrogens (tertiary/aromatic N) is 2. The summed E-state index contributed by atoms with van der Waals surface area (Å²) in [6.45, 7) is 3.31. The zero-order valence-corrected chi connectivity index (χ0v) is 15.1. The standard InChI is InChI=1S/C19H17N3O3S/c1-11(2)26(23,24)13-4-5-16-14(8-13)19(20)15(9-21-16)12-3-6-18-17(7-12)22-10-25-18/h3-11H,1-2H3,(H2,20,21). The van der Waals surface area contributed by atoms with Crippen LogP contribution in [0.4, 0.5) is 5.69 Å². The van der Waals surface area contributed by atoms with Gasteiger partial charge in [0, 0.05) is 17.1 Å². The maximum atomic E-state index is 12.5. The maximum Gasteiger partial charge on any atom is 0.181 e. The zero-order valence-electron chi connectivity index (χ0n) is 14.3. The summed E-state index contributed by atoms with van der Waals surface area (Å²) in [5.74, 6) is 0. The van der Waals surface area contributed by atoms with E-state index in [0.29, 0.717) is 22.2 Å². The molecular formula is C19H17N3O3S. The van der Waals surface area contributed by atoms with Gasteiger partial charge in [-0.25, -0.2) is 13.4 Å². The van der Waals surface area contributed by atoms with E-state index in [4.69, 9.17) is 10.2 Å². The summed E-state index contributed by atoms with van der Waals surface area (Å²) in [5.41, 5.74) is 10.5. The Kier molecular flexibility index (Phi) is 3.69. The maximum absolute atomic E-state index is 12.5. The highest BCUT2D eigenvalue weighted by molar-refractivity contribution is 7.92. The van der Waals surface area contributed by atoms with Crippen molar-refractivity contribution in [2.24, 2.45) is 0 Å².